The third kappa shape index (κ3) is 2.05. The summed E-state index contributed by atoms with van der Waals surface area (Å²) < 4.78 is 6.46. The maximum atomic E-state index is 11.8. The van der Waals surface area contributed by atoms with E-state index in [2.05, 4.69) is 4.84 Å². The number of carbonyl (C=O) groups is 1. The second kappa shape index (κ2) is 4.89. The second-order valence-corrected chi connectivity index (χ2v) is 3.65. The van der Waals surface area contributed by atoms with E-state index in [4.69, 9.17) is 10.6 Å². The van der Waals surface area contributed by atoms with Gasteiger partial charge in [-0.3, -0.25) is 9.36 Å². The van der Waals surface area contributed by atoms with Gasteiger partial charge in [0.25, 0.3) is 5.56 Å². The number of aromatic nitrogens is 1. The van der Waals surface area contributed by atoms with Gasteiger partial charge in [0.2, 0.25) is 0 Å². The summed E-state index contributed by atoms with van der Waals surface area (Å²) in [6, 6.07) is 8.39. The van der Waals surface area contributed by atoms with Gasteiger partial charge in [-0.25, -0.2) is 4.79 Å². The number of benzene rings is 1. The molecular weight excluding hydrogens is 236 g/mol. The SMILES string of the molecule is COc1cccc2ccc(=O)n(CC(=O)ON)c12. The van der Waals surface area contributed by atoms with Gasteiger partial charge < -0.3 is 9.57 Å². The Labute approximate surface area is 102 Å². The standard InChI is InChI=1S/C12H12N2O4/c1-17-9-4-2-3-8-5-6-10(15)14(12(8)9)7-11(16)18-13/h2-6H,7,13H2,1H3. The summed E-state index contributed by atoms with van der Waals surface area (Å²) >= 11 is 0. The van der Waals surface area contributed by atoms with Crippen molar-refractivity contribution in [2.75, 3.05) is 7.11 Å². The van der Waals surface area contributed by atoms with Gasteiger partial charge in [0.05, 0.1) is 12.6 Å². The van der Waals surface area contributed by atoms with Crippen molar-refractivity contribution >= 4 is 16.9 Å². The van der Waals surface area contributed by atoms with Crippen molar-refractivity contribution in [3.05, 3.63) is 40.7 Å². The lowest BCUT2D eigenvalue weighted by molar-refractivity contribution is -0.144. The number of hydrogen-bond acceptors (Lipinski definition) is 5. The number of fused-ring (bicyclic) bond motifs is 1. The lowest BCUT2D eigenvalue weighted by Crippen LogP contribution is -2.26. The summed E-state index contributed by atoms with van der Waals surface area (Å²) in [5.41, 5.74) is 0.218. The zero-order valence-electron chi connectivity index (χ0n) is 9.75. The van der Waals surface area contributed by atoms with Gasteiger partial charge in [-0.15, -0.1) is 0 Å². The summed E-state index contributed by atoms with van der Waals surface area (Å²) in [7, 11) is 1.50. The molecule has 0 aliphatic heterocycles. The minimum absolute atomic E-state index is 0.257. The molecule has 0 radical (unpaired) electrons. The van der Waals surface area contributed by atoms with E-state index in [0.29, 0.717) is 11.3 Å². The number of hydrogen-bond donors (Lipinski definition) is 1. The third-order valence-electron chi connectivity index (χ3n) is 2.61. The van der Waals surface area contributed by atoms with E-state index in [1.165, 1.54) is 17.7 Å². The van der Waals surface area contributed by atoms with Crippen LogP contribution in [0.4, 0.5) is 0 Å². The Morgan fingerprint density at radius 1 is 1.33 bits per heavy atom. The molecule has 0 unspecified atom stereocenters. The molecule has 94 valence electrons. The highest BCUT2D eigenvalue weighted by Gasteiger charge is 2.11. The number of nitrogens with two attached hydrogens (primary N) is 1. The Hall–Kier alpha value is -2.34. The highest BCUT2D eigenvalue weighted by atomic mass is 16.7. The Morgan fingerprint density at radius 2 is 2.11 bits per heavy atom. The van der Waals surface area contributed by atoms with Crippen LogP contribution in [0.15, 0.2) is 35.1 Å². The normalized spacial score (nSPS) is 10.3. The largest absolute Gasteiger partial charge is 0.495 e. The monoisotopic (exact) mass is 248 g/mol. The summed E-state index contributed by atoms with van der Waals surface area (Å²) in [6.07, 6.45) is 0. The maximum Gasteiger partial charge on any atom is 0.344 e. The zero-order chi connectivity index (χ0) is 13.1. The van der Waals surface area contributed by atoms with Gasteiger partial charge in [-0.2, -0.15) is 5.90 Å². The second-order valence-electron chi connectivity index (χ2n) is 3.65. The van der Waals surface area contributed by atoms with Crippen LogP contribution in [-0.4, -0.2) is 17.6 Å². The van der Waals surface area contributed by atoms with Crippen molar-refractivity contribution in [1.82, 2.24) is 4.57 Å². The summed E-state index contributed by atoms with van der Waals surface area (Å²) in [6.45, 7) is -0.257. The van der Waals surface area contributed by atoms with E-state index >= 15 is 0 Å². The van der Waals surface area contributed by atoms with Crippen LogP contribution < -0.4 is 16.2 Å². The van der Waals surface area contributed by atoms with E-state index in [-0.39, 0.29) is 12.1 Å². The average Bonchev–Trinajstić information content (AvgIpc) is 2.40. The molecule has 2 aromatic rings. The van der Waals surface area contributed by atoms with E-state index in [0.717, 1.165) is 5.39 Å². The first kappa shape index (κ1) is 12.1. The molecule has 0 saturated heterocycles. The third-order valence-corrected chi connectivity index (χ3v) is 2.61. The van der Waals surface area contributed by atoms with Gasteiger partial charge in [0, 0.05) is 11.5 Å². The van der Waals surface area contributed by atoms with Crippen LogP contribution >= 0.6 is 0 Å². The molecule has 0 bridgehead atoms. The Balaban J connectivity index is 2.72. The number of ether oxygens (including phenoxy) is 1. The molecule has 2 rings (SSSR count). The van der Waals surface area contributed by atoms with Crippen LogP contribution in [0.5, 0.6) is 5.75 Å². The van der Waals surface area contributed by atoms with E-state index in [1.807, 2.05) is 6.07 Å². The molecule has 0 aliphatic rings. The molecule has 1 heterocycles. The number of rotatable bonds is 3. The van der Waals surface area contributed by atoms with E-state index in [9.17, 15) is 9.59 Å². The van der Waals surface area contributed by atoms with Gasteiger partial charge in [-0.1, -0.05) is 12.1 Å². The van der Waals surface area contributed by atoms with Gasteiger partial charge in [0.1, 0.15) is 12.3 Å². The average molecular weight is 248 g/mol. The fourth-order valence-corrected chi connectivity index (χ4v) is 1.81. The predicted octanol–water partition coefficient (Wildman–Crippen LogP) is 0.427. The molecule has 1 aromatic carbocycles. The van der Waals surface area contributed by atoms with E-state index in [1.54, 1.807) is 18.2 Å². The summed E-state index contributed by atoms with van der Waals surface area (Å²) in [5, 5.41) is 0.791. The Bertz CT molecular complexity index is 648. The van der Waals surface area contributed by atoms with Crippen LogP contribution in [-0.2, 0) is 16.2 Å². The molecule has 0 fully saturated rings. The molecule has 2 N–H and O–H groups in total. The van der Waals surface area contributed by atoms with Gasteiger partial charge >= 0.3 is 5.97 Å². The molecule has 0 atom stereocenters. The number of nitrogens with zero attached hydrogens (tertiary/aromatic N) is 1. The van der Waals surface area contributed by atoms with Crippen molar-refractivity contribution in [1.29, 1.82) is 0 Å². The number of carbonyl (C=O) groups excluding carboxylic acids is 1. The topological polar surface area (TPSA) is 83.5 Å². The molecule has 0 spiro atoms. The molecule has 18 heavy (non-hydrogen) atoms. The molecule has 1 aromatic heterocycles. The Morgan fingerprint density at radius 3 is 2.78 bits per heavy atom. The molecule has 6 heteroatoms. The smallest absolute Gasteiger partial charge is 0.344 e. The van der Waals surface area contributed by atoms with Crippen molar-refractivity contribution in [3.8, 4) is 5.75 Å². The van der Waals surface area contributed by atoms with Crippen LogP contribution in [0.2, 0.25) is 0 Å². The number of pyridine rings is 1. The number of para-hydroxylation sites is 1. The first-order valence-electron chi connectivity index (χ1n) is 5.23. The fourth-order valence-electron chi connectivity index (χ4n) is 1.81. The maximum absolute atomic E-state index is 11.8. The fraction of sp³-hybridized carbons (Fsp3) is 0.167. The molecule has 0 saturated carbocycles. The molecule has 6 nitrogen and oxygen atoms in total. The van der Waals surface area contributed by atoms with Crippen molar-refractivity contribution in [2.45, 2.75) is 6.54 Å². The quantitative estimate of drug-likeness (QED) is 0.796. The first-order valence-corrected chi connectivity index (χ1v) is 5.23. The first-order chi connectivity index (χ1) is 8.67. The minimum atomic E-state index is -0.699. The molecular formula is C12H12N2O4. The lowest BCUT2D eigenvalue weighted by Gasteiger charge is -2.11. The molecule has 0 aliphatic carbocycles. The highest BCUT2D eigenvalue weighted by Crippen LogP contribution is 2.23. The lowest BCUT2D eigenvalue weighted by atomic mass is 10.2. The Kier molecular flexibility index (Phi) is 3.29. The van der Waals surface area contributed by atoms with Gasteiger partial charge in [-0.05, 0) is 12.1 Å². The van der Waals surface area contributed by atoms with Crippen molar-refractivity contribution in [2.24, 2.45) is 5.90 Å². The van der Waals surface area contributed by atoms with Crippen LogP contribution in [0.3, 0.4) is 0 Å². The van der Waals surface area contributed by atoms with Crippen molar-refractivity contribution < 1.29 is 14.4 Å². The number of methoxy groups -OCH3 is 1. The zero-order valence-corrected chi connectivity index (χ0v) is 9.75. The highest BCUT2D eigenvalue weighted by molar-refractivity contribution is 5.86. The minimum Gasteiger partial charge on any atom is -0.495 e. The molecule has 0 amide bonds. The van der Waals surface area contributed by atoms with Gasteiger partial charge in [0.15, 0.2) is 0 Å². The van der Waals surface area contributed by atoms with E-state index < -0.39 is 5.97 Å². The van der Waals surface area contributed by atoms with Crippen molar-refractivity contribution in [3.63, 3.8) is 0 Å². The predicted molar refractivity (Wildman–Crippen MR) is 65.0 cm³/mol. The summed E-state index contributed by atoms with van der Waals surface area (Å²) in [5.74, 6) is 4.60. The van der Waals surface area contributed by atoms with Crippen LogP contribution in [0, 0.1) is 0 Å². The summed E-state index contributed by atoms with van der Waals surface area (Å²) in [4.78, 5) is 27.1. The van der Waals surface area contributed by atoms with Crippen LogP contribution in [0.25, 0.3) is 10.9 Å². The van der Waals surface area contributed by atoms with Crippen LogP contribution in [0.1, 0.15) is 0 Å².